The predicted molar refractivity (Wildman–Crippen MR) is 105 cm³/mol. The number of anilines is 2. The highest BCUT2D eigenvalue weighted by molar-refractivity contribution is 6.33. The smallest absolute Gasteiger partial charge is 0.0705 e. The van der Waals surface area contributed by atoms with Gasteiger partial charge in [-0.1, -0.05) is 48.3 Å². The first kappa shape index (κ1) is 18.3. The summed E-state index contributed by atoms with van der Waals surface area (Å²) in [4.78, 5) is 8.04. The van der Waals surface area contributed by atoms with Crippen LogP contribution in [0.15, 0.2) is 42.5 Å². The van der Waals surface area contributed by atoms with Crippen molar-refractivity contribution in [1.82, 2.24) is 5.06 Å². The molecule has 4 nitrogen and oxygen atoms in total. The lowest BCUT2D eigenvalue weighted by Gasteiger charge is -2.40. The average molecular weight is 380 g/mol. The summed E-state index contributed by atoms with van der Waals surface area (Å²) in [6.45, 7) is 5.21. The number of nitrogens with two attached hydrogens (primary N) is 1. The Balaban J connectivity index is 1.92. The highest BCUT2D eigenvalue weighted by Crippen LogP contribution is 2.30. The Morgan fingerprint density at radius 1 is 1.20 bits per heavy atom. The van der Waals surface area contributed by atoms with E-state index in [1.165, 1.54) is 0 Å². The van der Waals surface area contributed by atoms with E-state index in [1.54, 1.807) is 0 Å². The fourth-order valence-electron chi connectivity index (χ4n) is 3.11. The summed E-state index contributed by atoms with van der Waals surface area (Å²) in [5, 5.41) is 3.35. The maximum atomic E-state index is 6.40. The van der Waals surface area contributed by atoms with E-state index in [2.05, 4.69) is 17.9 Å². The number of hydroxylamine groups is 2. The van der Waals surface area contributed by atoms with E-state index in [-0.39, 0.29) is 0 Å². The Morgan fingerprint density at radius 3 is 2.72 bits per heavy atom. The lowest BCUT2D eigenvalue weighted by atomic mass is 10.1. The zero-order valence-electron chi connectivity index (χ0n) is 14.3. The van der Waals surface area contributed by atoms with Gasteiger partial charge in [-0.3, -0.25) is 4.84 Å². The molecule has 25 heavy (non-hydrogen) atoms. The van der Waals surface area contributed by atoms with E-state index in [0.29, 0.717) is 29.9 Å². The van der Waals surface area contributed by atoms with Gasteiger partial charge in [-0.05, 0) is 36.2 Å². The zero-order chi connectivity index (χ0) is 17.8. The van der Waals surface area contributed by atoms with Gasteiger partial charge >= 0.3 is 0 Å². The van der Waals surface area contributed by atoms with Gasteiger partial charge in [-0.25, -0.2) is 0 Å². The van der Waals surface area contributed by atoms with Gasteiger partial charge in [-0.15, -0.1) is 0 Å². The largest absolute Gasteiger partial charge is 0.398 e. The van der Waals surface area contributed by atoms with Crippen molar-refractivity contribution in [2.45, 2.75) is 25.9 Å². The molecule has 2 aromatic carbocycles. The summed E-state index contributed by atoms with van der Waals surface area (Å²) in [5.74, 6) is 0. The topological polar surface area (TPSA) is 41.7 Å². The summed E-state index contributed by atoms with van der Waals surface area (Å²) in [7, 11) is 0. The van der Waals surface area contributed by atoms with Gasteiger partial charge in [0, 0.05) is 36.4 Å². The van der Waals surface area contributed by atoms with Crippen molar-refractivity contribution in [2.75, 3.05) is 30.3 Å². The number of likely N-dealkylation sites (N-methyl/N-ethyl adjacent to an activating group) is 1. The number of benzene rings is 2. The molecular formula is C19H23Cl2N3O. The number of nitrogens with zero attached hydrogens (tertiary/aromatic N) is 2. The molecule has 6 heteroatoms. The van der Waals surface area contributed by atoms with Gasteiger partial charge in [0.1, 0.15) is 0 Å². The maximum Gasteiger partial charge on any atom is 0.0705 e. The molecule has 1 aliphatic rings. The number of halogens is 2. The Hall–Kier alpha value is -1.46. The summed E-state index contributed by atoms with van der Waals surface area (Å²) in [5.41, 5.74) is 8.61. The molecule has 1 atom stereocenters. The normalized spacial score (nSPS) is 18.3. The summed E-state index contributed by atoms with van der Waals surface area (Å²) >= 11 is 12.7. The maximum absolute atomic E-state index is 6.40. The van der Waals surface area contributed by atoms with Gasteiger partial charge in [0.2, 0.25) is 0 Å². The predicted octanol–water partition coefficient (Wildman–Crippen LogP) is 4.61. The van der Waals surface area contributed by atoms with Crippen LogP contribution in [0, 0.1) is 0 Å². The van der Waals surface area contributed by atoms with E-state index >= 15 is 0 Å². The third-order valence-electron chi connectivity index (χ3n) is 4.55. The van der Waals surface area contributed by atoms with Crippen molar-refractivity contribution in [3.05, 3.63) is 58.1 Å². The highest BCUT2D eigenvalue weighted by Gasteiger charge is 2.26. The minimum Gasteiger partial charge on any atom is -0.398 e. The second kappa shape index (κ2) is 8.28. The van der Waals surface area contributed by atoms with Gasteiger partial charge in [0.05, 0.1) is 17.3 Å². The first-order valence-electron chi connectivity index (χ1n) is 8.51. The van der Waals surface area contributed by atoms with Crippen molar-refractivity contribution >= 4 is 34.6 Å². The van der Waals surface area contributed by atoms with Crippen molar-refractivity contribution in [3.8, 4) is 0 Å². The van der Waals surface area contributed by atoms with Crippen LogP contribution in [-0.2, 0) is 11.4 Å². The van der Waals surface area contributed by atoms with E-state index in [4.69, 9.17) is 33.8 Å². The molecule has 2 N–H and O–H groups in total. The molecule has 0 aliphatic carbocycles. The molecule has 0 unspecified atom stereocenters. The molecular weight excluding hydrogens is 357 g/mol. The molecule has 134 valence electrons. The minimum absolute atomic E-state index is 0.310. The van der Waals surface area contributed by atoms with Gasteiger partial charge in [0.25, 0.3) is 0 Å². The van der Waals surface area contributed by atoms with Crippen LogP contribution in [0.2, 0.25) is 10.0 Å². The molecule has 0 saturated carbocycles. The standard InChI is InChI=1S/C19H23Cl2N3O/c1-2-23-13-16(9-10-25-23)24(12-14-5-3-4-6-17(14)20)15-7-8-19(22)18(21)11-15/h3-8,11,16H,2,9-10,12-13,22H2,1H3/t16-/m0/s1. The van der Waals surface area contributed by atoms with Crippen LogP contribution in [0.3, 0.4) is 0 Å². The van der Waals surface area contributed by atoms with Crippen LogP contribution >= 0.6 is 23.2 Å². The summed E-state index contributed by atoms with van der Waals surface area (Å²) in [6.07, 6.45) is 0.947. The molecule has 1 heterocycles. The zero-order valence-corrected chi connectivity index (χ0v) is 15.8. The number of hydrogen-bond donors (Lipinski definition) is 1. The van der Waals surface area contributed by atoms with Crippen molar-refractivity contribution in [3.63, 3.8) is 0 Å². The van der Waals surface area contributed by atoms with Crippen molar-refractivity contribution in [2.24, 2.45) is 0 Å². The molecule has 0 amide bonds. The molecule has 1 fully saturated rings. The monoisotopic (exact) mass is 379 g/mol. The lowest BCUT2D eigenvalue weighted by Crippen LogP contribution is -2.48. The third-order valence-corrected chi connectivity index (χ3v) is 5.24. The molecule has 0 radical (unpaired) electrons. The van der Waals surface area contributed by atoms with Crippen LogP contribution in [0.25, 0.3) is 0 Å². The molecule has 3 rings (SSSR count). The molecule has 0 bridgehead atoms. The Morgan fingerprint density at radius 2 is 2.00 bits per heavy atom. The first-order chi connectivity index (χ1) is 12.1. The quantitative estimate of drug-likeness (QED) is 0.770. The highest BCUT2D eigenvalue weighted by atomic mass is 35.5. The SMILES string of the molecule is CCN1C[C@@H](N(Cc2ccccc2Cl)c2ccc(N)c(Cl)c2)CCO1. The van der Waals surface area contributed by atoms with E-state index < -0.39 is 0 Å². The van der Waals surface area contributed by atoms with Crippen LogP contribution in [0.4, 0.5) is 11.4 Å². The van der Waals surface area contributed by atoms with E-state index in [9.17, 15) is 0 Å². The van der Waals surface area contributed by atoms with Crippen LogP contribution < -0.4 is 10.6 Å². The summed E-state index contributed by atoms with van der Waals surface area (Å²) in [6, 6.07) is 14.1. The van der Waals surface area contributed by atoms with Crippen LogP contribution in [0.5, 0.6) is 0 Å². The van der Waals surface area contributed by atoms with E-state index in [1.807, 2.05) is 41.5 Å². The average Bonchev–Trinajstić information content (AvgIpc) is 2.63. The van der Waals surface area contributed by atoms with Gasteiger partial charge < -0.3 is 10.6 Å². The fraction of sp³-hybridized carbons (Fsp3) is 0.368. The van der Waals surface area contributed by atoms with Crippen LogP contribution in [0.1, 0.15) is 18.9 Å². The fourth-order valence-corrected chi connectivity index (χ4v) is 3.48. The van der Waals surface area contributed by atoms with E-state index in [0.717, 1.165) is 35.8 Å². The third kappa shape index (κ3) is 4.39. The molecule has 0 spiro atoms. The Bertz CT molecular complexity index is 726. The second-order valence-corrected chi connectivity index (χ2v) is 7.00. The minimum atomic E-state index is 0.310. The Kier molecular flexibility index (Phi) is 6.07. The number of hydrogen-bond acceptors (Lipinski definition) is 4. The number of nitrogen functional groups attached to an aromatic ring is 1. The van der Waals surface area contributed by atoms with Crippen molar-refractivity contribution in [1.29, 1.82) is 0 Å². The van der Waals surface area contributed by atoms with Crippen molar-refractivity contribution < 1.29 is 4.84 Å². The number of rotatable bonds is 5. The summed E-state index contributed by atoms with van der Waals surface area (Å²) < 4.78 is 0. The second-order valence-electron chi connectivity index (χ2n) is 6.18. The molecule has 1 aliphatic heterocycles. The first-order valence-corrected chi connectivity index (χ1v) is 9.27. The molecule has 0 aromatic heterocycles. The molecule has 1 saturated heterocycles. The van der Waals surface area contributed by atoms with Gasteiger partial charge in [-0.2, -0.15) is 5.06 Å². The van der Waals surface area contributed by atoms with Crippen LogP contribution in [-0.4, -0.2) is 30.8 Å². The molecule has 2 aromatic rings. The Labute approximate surface area is 159 Å². The van der Waals surface area contributed by atoms with Gasteiger partial charge in [0.15, 0.2) is 0 Å². The lowest BCUT2D eigenvalue weighted by molar-refractivity contribution is -0.182.